The molecule has 0 radical (unpaired) electrons. The number of hydrogen-bond donors (Lipinski definition) is 3. The summed E-state index contributed by atoms with van der Waals surface area (Å²) in [7, 11) is 2.13. The number of rotatable bonds is 6. The van der Waals surface area contributed by atoms with Crippen molar-refractivity contribution < 1.29 is 24.9 Å². The molecular formula is C19H23NO5. The average Bonchev–Trinajstić information content (AvgIpc) is 2.60. The number of fused-ring (bicyclic) bond motifs is 1. The number of aliphatic carboxylic acids is 2. The fourth-order valence-corrected chi connectivity index (χ4v) is 2.18. The van der Waals surface area contributed by atoms with Crippen LogP contribution < -0.4 is 0 Å². The van der Waals surface area contributed by atoms with Gasteiger partial charge in [0.15, 0.2) is 0 Å². The van der Waals surface area contributed by atoms with Gasteiger partial charge < -0.3 is 20.2 Å². The molecule has 0 amide bonds. The molecule has 0 fully saturated rings. The minimum atomic E-state index is -1.26. The molecule has 6 nitrogen and oxygen atoms in total. The number of carboxylic acids is 2. The number of phenols is 1. The topological polar surface area (TPSA) is 98.1 Å². The summed E-state index contributed by atoms with van der Waals surface area (Å²) < 4.78 is 0. The van der Waals surface area contributed by atoms with Gasteiger partial charge in [0.1, 0.15) is 5.75 Å². The summed E-state index contributed by atoms with van der Waals surface area (Å²) in [5.41, 5.74) is 1.30. The van der Waals surface area contributed by atoms with Gasteiger partial charge in [-0.1, -0.05) is 37.3 Å². The lowest BCUT2D eigenvalue weighted by Crippen LogP contribution is -2.20. The smallest absolute Gasteiger partial charge is 0.328 e. The van der Waals surface area contributed by atoms with Gasteiger partial charge in [-0.2, -0.15) is 0 Å². The molecule has 0 saturated carbocycles. The number of phenolic OH excluding ortho intramolecular Hbond substituents is 1. The lowest BCUT2D eigenvalue weighted by atomic mass is 10.0. The molecule has 0 aliphatic carbocycles. The van der Waals surface area contributed by atoms with Gasteiger partial charge in [0.05, 0.1) is 0 Å². The molecule has 0 aliphatic rings. The maximum atomic E-state index is 9.81. The van der Waals surface area contributed by atoms with E-state index in [2.05, 4.69) is 24.9 Å². The van der Waals surface area contributed by atoms with Gasteiger partial charge in [0, 0.05) is 24.1 Å². The zero-order valence-corrected chi connectivity index (χ0v) is 14.3. The first-order valence-electron chi connectivity index (χ1n) is 7.87. The second-order valence-corrected chi connectivity index (χ2v) is 5.45. The summed E-state index contributed by atoms with van der Waals surface area (Å²) in [6.45, 7) is 4.27. The third-order valence-corrected chi connectivity index (χ3v) is 3.66. The van der Waals surface area contributed by atoms with Crippen molar-refractivity contribution in [3.63, 3.8) is 0 Å². The van der Waals surface area contributed by atoms with E-state index in [9.17, 15) is 14.7 Å². The molecule has 134 valence electrons. The second-order valence-electron chi connectivity index (χ2n) is 5.45. The lowest BCUT2D eigenvalue weighted by Gasteiger charge is -2.14. The van der Waals surface area contributed by atoms with Crippen LogP contribution in [0.4, 0.5) is 0 Å². The Bertz CT molecular complexity index is 739. The van der Waals surface area contributed by atoms with Gasteiger partial charge in [-0.25, -0.2) is 9.59 Å². The summed E-state index contributed by atoms with van der Waals surface area (Å²) >= 11 is 0. The first kappa shape index (κ1) is 20.2. The molecule has 3 N–H and O–H groups in total. The molecule has 0 heterocycles. The van der Waals surface area contributed by atoms with E-state index in [1.165, 1.54) is 5.56 Å². The highest BCUT2D eigenvalue weighted by atomic mass is 16.4. The Balaban J connectivity index is 0.000000333. The SMILES string of the molecule is CCN(C)CCc1ccc(O)c2ccccc12.O=C(O)/C=C/C(=O)O. The van der Waals surface area contributed by atoms with Crippen molar-refractivity contribution in [3.8, 4) is 5.75 Å². The highest BCUT2D eigenvalue weighted by Gasteiger charge is 2.05. The number of carbonyl (C=O) groups is 2. The predicted octanol–water partition coefficient (Wildman–Crippen LogP) is 2.75. The Morgan fingerprint density at radius 2 is 1.56 bits per heavy atom. The Hall–Kier alpha value is -2.86. The van der Waals surface area contributed by atoms with Crippen molar-refractivity contribution in [2.24, 2.45) is 0 Å². The van der Waals surface area contributed by atoms with E-state index in [-0.39, 0.29) is 0 Å². The zero-order chi connectivity index (χ0) is 18.8. The molecule has 2 aromatic carbocycles. The van der Waals surface area contributed by atoms with Crippen molar-refractivity contribution in [1.82, 2.24) is 4.90 Å². The van der Waals surface area contributed by atoms with Gasteiger partial charge in [-0.15, -0.1) is 0 Å². The molecular weight excluding hydrogens is 322 g/mol. The summed E-state index contributed by atoms with van der Waals surface area (Å²) in [4.78, 5) is 21.4. The lowest BCUT2D eigenvalue weighted by molar-refractivity contribution is -0.134. The fraction of sp³-hybridized carbons (Fsp3) is 0.263. The predicted molar refractivity (Wildman–Crippen MR) is 96.9 cm³/mol. The van der Waals surface area contributed by atoms with Gasteiger partial charge in [-0.3, -0.25) is 0 Å². The Kier molecular flexibility index (Phi) is 8.15. The molecule has 0 aliphatic heterocycles. The summed E-state index contributed by atoms with van der Waals surface area (Å²) in [6, 6.07) is 11.9. The maximum absolute atomic E-state index is 9.81. The zero-order valence-electron chi connectivity index (χ0n) is 14.3. The number of benzene rings is 2. The van der Waals surface area contributed by atoms with Gasteiger partial charge in [-0.05, 0) is 37.0 Å². The van der Waals surface area contributed by atoms with E-state index >= 15 is 0 Å². The third-order valence-electron chi connectivity index (χ3n) is 3.66. The highest BCUT2D eigenvalue weighted by Crippen LogP contribution is 2.27. The van der Waals surface area contributed by atoms with Crippen LogP contribution in [-0.2, 0) is 16.0 Å². The summed E-state index contributed by atoms with van der Waals surface area (Å²) in [5.74, 6) is -2.15. The Morgan fingerprint density at radius 3 is 2.08 bits per heavy atom. The second kappa shape index (κ2) is 10.1. The van der Waals surface area contributed by atoms with Crippen LogP contribution in [0.3, 0.4) is 0 Å². The molecule has 0 atom stereocenters. The molecule has 0 aromatic heterocycles. The van der Waals surface area contributed by atoms with E-state index in [1.807, 2.05) is 24.3 Å². The largest absolute Gasteiger partial charge is 0.507 e. The molecule has 6 heteroatoms. The van der Waals surface area contributed by atoms with Crippen molar-refractivity contribution >= 4 is 22.7 Å². The molecule has 0 bridgehead atoms. The number of aromatic hydroxyl groups is 1. The molecule has 0 unspecified atom stereocenters. The molecule has 25 heavy (non-hydrogen) atoms. The maximum Gasteiger partial charge on any atom is 0.328 e. The fourth-order valence-electron chi connectivity index (χ4n) is 2.18. The average molecular weight is 345 g/mol. The molecule has 0 spiro atoms. The van der Waals surface area contributed by atoms with Crippen LogP contribution in [0.1, 0.15) is 12.5 Å². The Morgan fingerprint density at radius 1 is 1.00 bits per heavy atom. The monoisotopic (exact) mass is 345 g/mol. The van der Waals surface area contributed by atoms with Gasteiger partial charge in [0.2, 0.25) is 0 Å². The normalized spacial score (nSPS) is 10.7. The van der Waals surface area contributed by atoms with E-state index in [4.69, 9.17) is 10.2 Å². The number of nitrogens with zero attached hydrogens (tertiary/aromatic N) is 1. The number of hydrogen-bond acceptors (Lipinski definition) is 4. The summed E-state index contributed by atoms with van der Waals surface area (Å²) in [6.07, 6.45) is 2.13. The van der Waals surface area contributed by atoms with E-state index < -0.39 is 11.9 Å². The number of carboxylic acid groups (broad SMARTS) is 2. The minimum absolute atomic E-state index is 0.369. The van der Waals surface area contributed by atoms with Crippen LogP contribution in [-0.4, -0.2) is 52.3 Å². The third kappa shape index (κ3) is 7.05. The van der Waals surface area contributed by atoms with Crippen molar-refractivity contribution in [1.29, 1.82) is 0 Å². The molecule has 2 rings (SSSR count). The number of likely N-dealkylation sites (N-methyl/N-ethyl adjacent to an activating group) is 1. The van der Waals surface area contributed by atoms with Crippen LogP contribution in [0.2, 0.25) is 0 Å². The summed E-state index contributed by atoms with van der Waals surface area (Å²) in [5, 5.41) is 27.5. The van der Waals surface area contributed by atoms with Crippen LogP contribution in [0.5, 0.6) is 5.75 Å². The van der Waals surface area contributed by atoms with Gasteiger partial charge >= 0.3 is 11.9 Å². The first-order chi connectivity index (χ1) is 11.8. The van der Waals surface area contributed by atoms with Crippen molar-refractivity contribution in [3.05, 3.63) is 54.1 Å². The van der Waals surface area contributed by atoms with Crippen LogP contribution in [0.25, 0.3) is 10.8 Å². The quantitative estimate of drug-likeness (QED) is 0.697. The van der Waals surface area contributed by atoms with E-state index in [0.29, 0.717) is 17.9 Å². The van der Waals surface area contributed by atoms with E-state index in [1.54, 1.807) is 6.07 Å². The van der Waals surface area contributed by atoms with Crippen molar-refractivity contribution in [2.45, 2.75) is 13.3 Å². The van der Waals surface area contributed by atoms with Crippen LogP contribution in [0.15, 0.2) is 48.6 Å². The highest BCUT2D eigenvalue weighted by molar-refractivity contribution is 5.91. The molecule has 2 aromatic rings. The Labute approximate surface area is 146 Å². The standard InChI is InChI=1S/C15H19NO.C4H4O4/c1-3-16(2)11-10-12-8-9-15(17)14-7-5-4-6-13(12)14;5-3(6)1-2-4(7)8/h4-9,17H,3,10-11H2,1-2H3;1-2H,(H,5,6)(H,7,8)/b;2-1+. The van der Waals surface area contributed by atoms with Crippen LogP contribution >= 0.6 is 0 Å². The van der Waals surface area contributed by atoms with E-state index in [0.717, 1.165) is 30.3 Å². The first-order valence-corrected chi connectivity index (χ1v) is 7.87. The van der Waals surface area contributed by atoms with Gasteiger partial charge in [0.25, 0.3) is 0 Å². The van der Waals surface area contributed by atoms with Crippen molar-refractivity contribution in [2.75, 3.05) is 20.1 Å². The molecule has 0 saturated heterocycles. The van der Waals surface area contributed by atoms with Crippen LogP contribution in [0, 0.1) is 0 Å². The minimum Gasteiger partial charge on any atom is -0.507 e.